The maximum atomic E-state index is 11.0. The zero-order valence-electron chi connectivity index (χ0n) is 7.94. The summed E-state index contributed by atoms with van der Waals surface area (Å²) in [6, 6.07) is 10.2. The van der Waals surface area contributed by atoms with E-state index in [0.29, 0.717) is 5.92 Å². The van der Waals surface area contributed by atoms with Gasteiger partial charge in [0.15, 0.2) is 0 Å². The van der Waals surface area contributed by atoms with Crippen LogP contribution in [0, 0.1) is 12.0 Å². The molecule has 1 aromatic rings. The van der Waals surface area contributed by atoms with Crippen LogP contribution in [-0.4, -0.2) is 11.1 Å². The quantitative estimate of drug-likeness (QED) is 0.789. The average Bonchev–Trinajstić information content (AvgIpc) is 2.99. The molecule has 0 saturated heterocycles. The minimum atomic E-state index is -0.712. The highest BCUT2D eigenvalue weighted by Gasteiger charge is 2.29. The van der Waals surface area contributed by atoms with Crippen molar-refractivity contribution in [2.24, 2.45) is 5.92 Å². The van der Waals surface area contributed by atoms with Gasteiger partial charge < -0.3 is 5.11 Å². The molecule has 0 spiro atoms. The fourth-order valence-electron chi connectivity index (χ4n) is 1.69. The molecule has 1 N–H and O–H groups in total. The number of carboxylic acids is 1. The van der Waals surface area contributed by atoms with Gasteiger partial charge >= 0.3 is 5.97 Å². The first-order valence-corrected chi connectivity index (χ1v) is 4.96. The number of benzene rings is 1. The molecule has 0 aromatic heterocycles. The lowest BCUT2D eigenvalue weighted by Gasteiger charge is -2.11. The Morgan fingerprint density at radius 3 is 2.93 bits per heavy atom. The smallest absolute Gasteiger partial charge is 0.310 e. The SMILES string of the molecule is O=C(O)C(CC1CC1)c1c[c]ccc1. The Labute approximate surface area is 83.6 Å². The van der Waals surface area contributed by atoms with E-state index >= 15 is 0 Å². The van der Waals surface area contributed by atoms with Crippen molar-refractivity contribution >= 4 is 5.97 Å². The molecular weight excluding hydrogens is 176 g/mol. The fraction of sp³-hybridized carbons (Fsp3) is 0.417. The number of carboxylic acid groups (broad SMARTS) is 1. The number of aliphatic carboxylic acids is 1. The summed E-state index contributed by atoms with van der Waals surface area (Å²) in [6.07, 6.45) is 3.17. The van der Waals surface area contributed by atoms with Crippen molar-refractivity contribution in [2.75, 3.05) is 0 Å². The van der Waals surface area contributed by atoms with Crippen molar-refractivity contribution in [3.05, 3.63) is 35.9 Å². The van der Waals surface area contributed by atoms with Crippen LogP contribution in [0.1, 0.15) is 30.7 Å². The summed E-state index contributed by atoms with van der Waals surface area (Å²) >= 11 is 0. The molecule has 2 rings (SSSR count). The minimum Gasteiger partial charge on any atom is -0.481 e. The largest absolute Gasteiger partial charge is 0.481 e. The lowest BCUT2D eigenvalue weighted by molar-refractivity contribution is -0.139. The second-order valence-electron chi connectivity index (χ2n) is 3.91. The molecule has 73 valence electrons. The highest BCUT2D eigenvalue weighted by atomic mass is 16.4. The zero-order chi connectivity index (χ0) is 9.97. The van der Waals surface area contributed by atoms with Crippen LogP contribution in [-0.2, 0) is 4.79 Å². The van der Waals surface area contributed by atoms with Gasteiger partial charge in [0.1, 0.15) is 0 Å². The molecule has 0 amide bonds. The van der Waals surface area contributed by atoms with Crippen LogP contribution in [0.25, 0.3) is 0 Å². The predicted octanol–water partition coefficient (Wildman–Crippen LogP) is 2.46. The third kappa shape index (κ3) is 2.13. The third-order valence-corrected chi connectivity index (χ3v) is 2.70. The molecule has 1 aromatic carbocycles. The molecule has 14 heavy (non-hydrogen) atoms. The van der Waals surface area contributed by atoms with E-state index in [9.17, 15) is 4.79 Å². The van der Waals surface area contributed by atoms with Crippen LogP contribution in [0.5, 0.6) is 0 Å². The Morgan fingerprint density at radius 2 is 2.43 bits per heavy atom. The Bertz CT molecular complexity index is 314. The van der Waals surface area contributed by atoms with Gasteiger partial charge in [-0.2, -0.15) is 0 Å². The van der Waals surface area contributed by atoms with Crippen LogP contribution >= 0.6 is 0 Å². The normalized spacial score (nSPS) is 17.7. The van der Waals surface area contributed by atoms with E-state index < -0.39 is 5.97 Å². The molecule has 0 bridgehead atoms. The summed E-state index contributed by atoms with van der Waals surface area (Å²) in [5.74, 6) is -0.409. The molecular formula is C12H13O2. The van der Waals surface area contributed by atoms with Crippen LogP contribution in [0.15, 0.2) is 24.3 Å². The van der Waals surface area contributed by atoms with Crippen LogP contribution < -0.4 is 0 Å². The van der Waals surface area contributed by atoms with Gasteiger partial charge in [-0.25, -0.2) is 0 Å². The van der Waals surface area contributed by atoms with Gasteiger partial charge in [-0.05, 0) is 24.0 Å². The van der Waals surface area contributed by atoms with Crippen LogP contribution in [0.2, 0.25) is 0 Å². The van der Waals surface area contributed by atoms with E-state index in [1.165, 1.54) is 12.8 Å². The summed E-state index contributed by atoms with van der Waals surface area (Å²) in [5.41, 5.74) is 0.881. The minimum absolute atomic E-state index is 0.333. The van der Waals surface area contributed by atoms with Gasteiger partial charge in [-0.1, -0.05) is 37.1 Å². The summed E-state index contributed by atoms with van der Waals surface area (Å²) in [7, 11) is 0. The van der Waals surface area contributed by atoms with Gasteiger partial charge in [-0.3, -0.25) is 4.79 Å². The van der Waals surface area contributed by atoms with E-state index in [1.807, 2.05) is 12.1 Å². The molecule has 1 radical (unpaired) electrons. The molecule has 2 nitrogen and oxygen atoms in total. The Hall–Kier alpha value is -1.31. The Kier molecular flexibility index (Phi) is 2.53. The summed E-state index contributed by atoms with van der Waals surface area (Å²) in [6.45, 7) is 0. The van der Waals surface area contributed by atoms with Crippen molar-refractivity contribution in [3.8, 4) is 0 Å². The number of carbonyl (C=O) groups is 1. The fourth-order valence-corrected chi connectivity index (χ4v) is 1.69. The highest BCUT2D eigenvalue weighted by Crippen LogP contribution is 2.38. The molecule has 1 aliphatic carbocycles. The second kappa shape index (κ2) is 3.82. The maximum absolute atomic E-state index is 11.0. The van der Waals surface area contributed by atoms with E-state index in [4.69, 9.17) is 5.11 Å². The molecule has 1 aliphatic rings. The van der Waals surface area contributed by atoms with E-state index in [2.05, 4.69) is 6.07 Å². The number of hydrogen-bond donors (Lipinski definition) is 1. The van der Waals surface area contributed by atoms with E-state index in [0.717, 1.165) is 12.0 Å². The topological polar surface area (TPSA) is 37.3 Å². The lowest BCUT2D eigenvalue weighted by atomic mass is 9.94. The standard InChI is InChI=1S/C12H13O2/c13-12(14)11(8-9-6-7-9)10-4-2-1-3-5-10/h1-2,4-5,9,11H,6-8H2,(H,13,14). The first-order valence-electron chi connectivity index (χ1n) is 4.96. The van der Waals surface area contributed by atoms with Crippen molar-refractivity contribution in [2.45, 2.75) is 25.2 Å². The third-order valence-electron chi connectivity index (χ3n) is 2.70. The van der Waals surface area contributed by atoms with Crippen molar-refractivity contribution in [3.63, 3.8) is 0 Å². The van der Waals surface area contributed by atoms with Crippen molar-refractivity contribution in [1.82, 2.24) is 0 Å². The molecule has 1 unspecified atom stereocenters. The second-order valence-corrected chi connectivity index (χ2v) is 3.91. The van der Waals surface area contributed by atoms with E-state index in [1.54, 1.807) is 12.1 Å². The van der Waals surface area contributed by atoms with Gasteiger partial charge in [0.2, 0.25) is 0 Å². The average molecular weight is 189 g/mol. The monoisotopic (exact) mass is 189 g/mol. The van der Waals surface area contributed by atoms with Crippen molar-refractivity contribution in [1.29, 1.82) is 0 Å². The summed E-state index contributed by atoms with van der Waals surface area (Å²) in [4.78, 5) is 11.0. The van der Waals surface area contributed by atoms with Gasteiger partial charge in [0.05, 0.1) is 5.92 Å². The summed E-state index contributed by atoms with van der Waals surface area (Å²) < 4.78 is 0. The van der Waals surface area contributed by atoms with Gasteiger partial charge in [0, 0.05) is 0 Å². The van der Waals surface area contributed by atoms with Gasteiger partial charge in [0.25, 0.3) is 0 Å². The van der Waals surface area contributed by atoms with Gasteiger partial charge in [-0.15, -0.1) is 0 Å². The van der Waals surface area contributed by atoms with Crippen LogP contribution in [0.4, 0.5) is 0 Å². The first kappa shape index (κ1) is 9.25. The number of rotatable bonds is 4. The Balaban J connectivity index is 2.13. The highest BCUT2D eigenvalue weighted by molar-refractivity contribution is 5.76. The molecule has 1 saturated carbocycles. The predicted molar refractivity (Wildman–Crippen MR) is 53.0 cm³/mol. The number of hydrogen-bond acceptors (Lipinski definition) is 1. The molecule has 0 aliphatic heterocycles. The Morgan fingerprint density at radius 1 is 1.64 bits per heavy atom. The van der Waals surface area contributed by atoms with Crippen molar-refractivity contribution < 1.29 is 9.90 Å². The lowest BCUT2D eigenvalue weighted by Crippen LogP contribution is -2.12. The van der Waals surface area contributed by atoms with E-state index in [-0.39, 0.29) is 5.92 Å². The molecule has 2 heteroatoms. The molecule has 0 heterocycles. The summed E-state index contributed by atoms with van der Waals surface area (Å²) in [5, 5.41) is 9.09. The first-order chi connectivity index (χ1) is 6.77. The molecule has 1 fully saturated rings. The molecule has 1 atom stereocenters. The van der Waals surface area contributed by atoms with Crippen LogP contribution in [0.3, 0.4) is 0 Å². The zero-order valence-corrected chi connectivity index (χ0v) is 7.94. The maximum Gasteiger partial charge on any atom is 0.310 e.